The molecule has 0 radical (unpaired) electrons. The maximum Gasteiger partial charge on any atom is 0.162 e. The van der Waals surface area contributed by atoms with Crippen LogP contribution >= 0.6 is 0 Å². The van der Waals surface area contributed by atoms with Gasteiger partial charge >= 0.3 is 0 Å². The van der Waals surface area contributed by atoms with E-state index in [1.165, 1.54) is 0 Å². The smallest absolute Gasteiger partial charge is 0.162 e. The second kappa shape index (κ2) is 4.91. The number of aromatic nitrogens is 1. The van der Waals surface area contributed by atoms with E-state index in [0.717, 1.165) is 22.3 Å². The lowest BCUT2D eigenvalue weighted by molar-refractivity contribution is 0.0988. The van der Waals surface area contributed by atoms with Crippen molar-refractivity contribution in [3.8, 4) is 11.1 Å². The standard InChI is InChI=1S/C15H15NO/c1-3-15(17)13-6-4-5-12(9-13)14-7-8-16-10-11(14)2/h4-10H,3H2,1-2H3. The number of ketones is 1. The van der Waals surface area contributed by atoms with E-state index in [9.17, 15) is 4.79 Å². The molecule has 0 aliphatic rings. The Bertz CT molecular complexity index is 546. The highest BCUT2D eigenvalue weighted by atomic mass is 16.1. The quantitative estimate of drug-likeness (QED) is 0.746. The van der Waals surface area contributed by atoms with Gasteiger partial charge in [-0.2, -0.15) is 0 Å². The van der Waals surface area contributed by atoms with Crippen LogP contribution in [0.25, 0.3) is 11.1 Å². The molecule has 86 valence electrons. The highest BCUT2D eigenvalue weighted by Crippen LogP contribution is 2.23. The molecule has 0 spiro atoms. The molecular formula is C15H15NO. The van der Waals surface area contributed by atoms with Gasteiger partial charge in [0.15, 0.2) is 5.78 Å². The molecule has 1 aromatic carbocycles. The van der Waals surface area contributed by atoms with Crippen molar-refractivity contribution in [2.24, 2.45) is 0 Å². The summed E-state index contributed by atoms with van der Waals surface area (Å²) in [4.78, 5) is 15.7. The number of hydrogen-bond donors (Lipinski definition) is 0. The molecule has 17 heavy (non-hydrogen) atoms. The van der Waals surface area contributed by atoms with Crippen molar-refractivity contribution in [1.29, 1.82) is 0 Å². The number of carbonyl (C=O) groups is 1. The number of rotatable bonds is 3. The first-order valence-corrected chi connectivity index (χ1v) is 5.76. The number of Topliss-reactive ketones (excluding diaryl/α,β-unsaturated/α-hetero) is 1. The van der Waals surface area contributed by atoms with E-state index < -0.39 is 0 Å². The molecule has 0 aliphatic carbocycles. The maximum absolute atomic E-state index is 11.7. The summed E-state index contributed by atoms with van der Waals surface area (Å²) in [5, 5.41) is 0. The third-order valence-corrected chi connectivity index (χ3v) is 2.84. The van der Waals surface area contributed by atoms with Crippen molar-refractivity contribution < 1.29 is 4.79 Å². The van der Waals surface area contributed by atoms with E-state index in [1.54, 1.807) is 6.20 Å². The van der Waals surface area contributed by atoms with Gasteiger partial charge in [0.05, 0.1) is 0 Å². The Kier molecular flexibility index (Phi) is 3.33. The van der Waals surface area contributed by atoms with Crippen molar-refractivity contribution in [2.45, 2.75) is 20.3 Å². The highest BCUT2D eigenvalue weighted by Gasteiger charge is 2.06. The van der Waals surface area contributed by atoms with Crippen molar-refractivity contribution in [3.05, 3.63) is 53.9 Å². The second-order valence-electron chi connectivity index (χ2n) is 4.05. The third kappa shape index (κ3) is 2.41. The van der Waals surface area contributed by atoms with Gasteiger partial charge in [-0.05, 0) is 35.7 Å². The fourth-order valence-electron chi connectivity index (χ4n) is 1.86. The van der Waals surface area contributed by atoms with Crippen LogP contribution in [0.4, 0.5) is 0 Å². The first-order valence-electron chi connectivity index (χ1n) is 5.76. The predicted octanol–water partition coefficient (Wildman–Crippen LogP) is 3.65. The number of benzene rings is 1. The normalized spacial score (nSPS) is 10.2. The second-order valence-corrected chi connectivity index (χ2v) is 4.05. The van der Waals surface area contributed by atoms with E-state index in [2.05, 4.69) is 4.98 Å². The van der Waals surface area contributed by atoms with Gasteiger partial charge < -0.3 is 0 Å². The summed E-state index contributed by atoms with van der Waals surface area (Å²) in [6.45, 7) is 3.91. The summed E-state index contributed by atoms with van der Waals surface area (Å²) in [5.74, 6) is 0.179. The Balaban J connectivity index is 2.47. The highest BCUT2D eigenvalue weighted by molar-refractivity contribution is 5.97. The molecule has 2 heteroatoms. The Hall–Kier alpha value is -1.96. The minimum atomic E-state index is 0.179. The van der Waals surface area contributed by atoms with Crippen LogP contribution in [0.1, 0.15) is 29.3 Å². The number of pyridine rings is 1. The molecule has 0 aliphatic heterocycles. The first-order chi connectivity index (χ1) is 8.22. The van der Waals surface area contributed by atoms with Crippen LogP contribution in [-0.4, -0.2) is 10.8 Å². The van der Waals surface area contributed by atoms with Gasteiger partial charge in [-0.25, -0.2) is 0 Å². The SMILES string of the molecule is CCC(=O)c1cccc(-c2ccncc2C)c1. The van der Waals surface area contributed by atoms with E-state index >= 15 is 0 Å². The summed E-state index contributed by atoms with van der Waals surface area (Å²) in [5.41, 5.74) is 4.10. The molecule has 0 atom stereocenters. The lowest BCUT2D eigenvalue weighted by Crippen LogP contribution is -1.96. The molecule has 2 aromatic rings. The Morgan fingerprint density at radius 3 is 2.82 bits per heavy atom. The molecule has 0 N–H and O–H groups in total. The van der Waals surface area contributed by atoms with Gasteiger partial charge in [-0.1, -0.05) is 25.1 Å². The van der Waals surface area contributed by atoms with Crippen LogP contribution in [0.3, 0.4) is 0 Å². The zero-order chi connectivity index (χ0) is 12.3. The molecule has 0 saturated heterocycles. The van der Waals surface area contributed by atoms with E-state index in [4.69, 9.17) is 0 Å². The van der Waals surface area contributed by atoms with Crippen LogP contribution in [0.2, 0.25) is 0 Å². The molecule has 0 amide bonds. The van der Waals surface area contributed by atoms with Gasteiger partial charge in [0, 0.05) is 24.4 Å². The van der Waals surface area contributed by atoms with Gasteiger partial charge in [0.25, 0.3) is 0 Å². The molecule has 0 unspecified atom stereocenters. The van der Waals surface area contributed by atoms with E-state index in [-0.39, 0.29) is 5.78 Å². The fourth-order valence-corrected chi connectivity index (χ4v) is 1.86. The van der Waals surface area contributed by atoms with Gasteiger partial charge in [0.1, 0.15) is 0 Å². The minimum absolute atomic E-state index is 0.179. The number of aryl methyl sites for hydroxylation is 1. The number of hydrogen-bond acceptors (Lipinski definition) is 2. The lowest BCUT2D eigenvalue weighted by Gasteiger charge is -2.06. The van der Waals surface area contributed by atoms with Crippen LogP contribution in [-0.2, 0) is 0 Å². The Morgan fingerprint density at radius 2 is 2.12 bits per heavy atom. The van der Waals surface area contributed by atoms with Crippen molar-refractivity contribution in [1.82, 2.24) is 4.98 Å². The Morgan fingerprint density at radius 1 is 1.29 bits per heavy atom. The lowest BCUT2D eigenvalue weighted by atomic mass is 9.99. The average Bonchev–Trinajstić information content (AvgIpc) is 2.38. The summed E-state index contributed by atoms with van der Waals surface area (Å²) in [7, 11) is 0. The predicted molar refractivity (Wildman–Crippen MR) is 69.0 cm³/mol. The molecule has 2 rings (SSSR count). The molecule has 0 saturated carbocycles. The van der Waals surface area contributed by atoms with Gasteiger partial charge in [-0.3, -0.25) is 9.78 Å². The largest absolute Gasteiger partial charge is 0.294 e. The maximum atomic E-state index is 11.7. The molecule has 0 fully saturated rings. The number of nitrogens with zero attached hydrogens (tertiary/aromatic N) is 1. The van der Waals surface area contributed by atoms with Gasteiger partial charge in [-0.15, -0.1) is 0 Å². The average molecular weight is 225 g/mol. The molecule has 1 aromatic heterocycles. The minimum Gasteiger partial charge on any atom is -0.294 e. The third-order valence-electron chi connectivity index (χ3n) is 2.84. The summed E-state index contributed by atoms with van der Waals surface area (Å²) in [6, 6.07) is 9.75. The zero-order valence-corrected chi connectivity index (χ0v) is 10.1. The molecular weight excluding hydrogens is 210 g/mol. The molecule has 1 heterocycles. The van der Waals surface area contributed by atoms with Crippen LogP contribution in [0, 0.1) is 6.92 Å². The molecule has 0 bridgehead atoms. The fraction of sp³-hybridized carbons (Fsp3) is 0.200. The first kappa shape index (κ1) is 11.5. The topological polar surface area (TPSA) is 30.0 Å². The summed E-state index contributed by atoms with van der Waals surface area (Å²) in [6.07, 6.45) is 4.15. The van der Waals surface area contributed by atoms with Crippen molar-refractivity contribution >= 4 is 5.78 Å². The van der Waals surface area contributed by atoms with Crippen LogP contribution < -0.4 is 0 Å². The summed E-state index contributed by atoms with van der Waals surface area (Å²) >= 11 is 0. The number of carbonyl (C=O) groups excluding carboxylic acids is 1. The monoisotopic (exact) mass is 225 g/mol. The van der Waals surface area contributed by atoms with Gasteiger partial charge in [0.2, 0.25) is 0 Å². The Labute approximate surface area is 101 Å². The van der Waals surface area contributed by atoms with Crippen LogP contribution in [0.15, 0.2) is 42.7 Å². The summed E-state index contributed by atoms with van der Waals surface area (Å²) < 4.78 is 0. The van der Waals surface area contributed by atoms with Crippen LogP contribution in [0.5, 0.6) is 0 Å². The molecule has 2 nitrogen and oxygen atoms in total. The van der Waals surface area contributed by atoms with E-state index in [1.807, 2.05) is 50.4 Å². The van der Waals surface area contributed by atoms with Crippen molar-refractivity contribution in [3.63, 3.8) is 0 Å². The van der Waals surface area contributed by atoms with E-state index in [0.29, 0.717) is 6.42 Å². The zero-order valence-electron chi connectivity index (χ0n) is 10.1. The van der Waals surface area contributed by atoms with Crippen molar-refractivity contribution in [2.75, 3.05) is 0 Å².